The third-order valence-corrected chi connectivity index (χ3v) is 3.03. The molecule has 1 heterocycles. The number of thiazole rings is 1. The van der Waals surface area contributed by atoms with Crippen LogP contribution in [-0.2, 0) is 6.42 Å². The Labute approximate surface area is 99.0 Å². The molecule has 0 amide bonds. The Kier molecular flexibility index (Phi) is 6.43. The van der Waals surface area contributed by atoms with Crippen molar-refractivity contribution in [2.75, 3.05) is 6.54 Å². The first-order valence-electron chi connectivity index (χ1n) is 4.44. The summed E-state index contributed by atoms with van der Waals surface area (Å²) in [7, 11) is 0. The summed E-state index contributed by atoms with van der Waals surface area (Å²) in [6.07, 6.45) is 2.04. The van der Waals surface area contributed by atoms with Gasteiger partial charge < -0.3 is 11.2 Å². The number of hydrogen-bond acceptors (Lipinski definition) is 3. The number of nitrogens with zero attached hydrogens (tertiary/aromatic N) is 1. The minimum atomic E-state index is 0. The molecular formula is C10H15ClN2OS. The monoisotopic (exact) mass is 246 g/mol. The molecule has 0 aliphatic rings. The molecule has 0 saturated heterocycles. The molecule has 0 spiro atoms. The van der Waals surface area contributed by atoms with E-state index < -0.39 is 0 Å². The summed E-state index contributed by atoms with van der Waals surface area (Å²) in [5.74, 6) is 0. The van der Waals surface area contributed by atoms with Crippen LogP contribution in [0, 0.1) is 0 Å². The fourth-order valence-corrected chi connectivity index (χ4v) is 2.29. The van der Waals surface area contributed by atoms with Gasteiger partial charge in [0.25, 0.3) is 0 Å². The van der Waals surface area contributed by atoms with Gasteiger partial charge in [0.05, 0.1) is 15.2 Å². The first-order valence-corrected chi connectivity index (χ1v) is 5.26. The van der Waals surface area contributed by atoms with Crippen molar-refractivity contribution in [3.8, 4) is 0 Å². The van der Waals surface area contributed by atoms with Crippen LogP contribution >= 0.6 is 23.7 Å². The van der Waals surface area contributed by atoms with E-state index in [1.807, 2.05) is 12.1 Å². The molecule has 0 fully saturated rings. The minimum absolute atomic E-state index is 0. The summed E-state index contributed by atoms with van der Waals surface area (Å²) in [5, 5.41) is 1.20. The van der Waals surface area contributed by atoms with Gasteiger partial charge in [-0.15, -0.1) is 23.7 Å². The van der Waals surface area contributed by atoms with Crippen molar-refractivity contribution >= 4 is 34.0 Å². The van der Waals surface area contributed by atoms with E-state index in [1.165, 1.54) is 9.71 Å². The van der Waals surface area contributed by atoms with Gasteiger partial charge in [-0.25, -0.2) is 4.98 Å². The highest BCUT2D eigenvalue weighted by Crippen LogP contribution is 2.22. The van der Waals surface area contributed by atoms with Gasteiger partial charge in [0.1, 0.15) is 0 Å². The number of benzene rings is 1. The predicted octanol–water partition coefficient (Wildman–Crippen LogP) is 1.78. The molecule has 0 radical (unpaired) electrons. The molecule has 0 atom stereocenters. The number of hydrogen-bond donors (Lipinski definition) is 1. The van der Waals surface area contributed by atoms with Gasteiger partial charge in [0, 0.05) is 6.42 Å². The smallest absolute Gasteiger partial charge is 0.0939 e. The van der Waals surface area contributed by atoms with Gasteiger partial charge in [-0.1, -0.05) is 12.1 Å². The lowest BCUT2D eigenvalue weighted by Gasteiger charge is -1.89. The minimum Gasteiger partial charge on any atom is -0.412 e. The molecule has 5 heteroatoms. The van der Waals surface area contributed by atoms with E-state index in [9.17, 15) is 0 Å². The normalized spacial score (nSPS) is 9.40. The molecule has 0 aliphatic heterocycles. The Hall–Kier alpha value is -0.680. The number of nitrogens with two attached hydrogens (primary N) is 1. The van der Waals surface area contributed by atoms with E-state index in [1.54, 1.807) is 11.3 Å². The number of aromatic nitrogens is 1. The summed E-state index contributed by atoms with van der Waals surface area (Å²) < 4.78 is 1.27. The van der Waals surface area contributed by atoms with E-state index >= 15 is 0 Å². The lowest BCUT2D eigenvalue weighted by Crippen LogP contribution is -1.99. The quantitative estimate of drug-likeness (QED) is 0.897. The lowest BCUT2D eigenvalue weighted by molar-refractivity contribution is 0.824. The number of halogens is 1. The zero-order chi connectivity index (χ0) is 9.10. The Morgan fingerprint density at radius 3 is 2.67 bits per heavy atom. The maximum absolute atomic E-state index is 5.45. The maximum atomic E-state index is 5.45. The zero-order valence-corrected chi connectivity index (χ0v) is 9.90. The average molecular weight is 247 g/mol. The summed E-state index contributed by atoms with van der Waals surface area (Å²) in [6, 6.07) is 8.23. The average Bonchev–Trinajstić information content (AvgIpc) is 2.57. The van der Waals surface area contributed by atoms with Crippen molar-refractivity contribution in [2.45, 2.75) is 12.8 Å². The van der Waals surface area contributed by atoms with Gasteiger partial charge >= 0.3 is 0 Å². The van der Waals surface area contributed by atoms with Gasteiger partial charge in [0.15, 0.2) is 0 Å². The van der Waals surface area contributed by atoms with Gasteiger partial charge in [-0.05, 0) is 25.1 Å². The van der Waals surface area contributed by atoms with Crippen molar-refractivity contribution in [3.63, 3.8) is 0 Å². The van der Waals surface area contributed by atoms with Gasteiger partial charge in [-0.2, -0.15) is 0 Å². The second-order valence-corrected chi connectivity index (χ2v) is 4.08. The van der Waals surface area contributed by atoms with E-state index in [2.05, 4.69) is 17.1 Å². The van der Waals surface area contributed by atoms with Crippen LogP contribution in [0.3, 0.4) is 0 Å². The Morgan fingerprint density at radius 2 is 2.00 bits per heavy atom. The van der Waals surface area contributed by atoms with Crippen LogP contribution in [0.5, 0.6) is 0 Å². The van der Waals surface area contributed by atoms with Gasteiger partial charge in [0.2, 0.25) is 0 Å². The largest absolute Gasteiger partial charge is 0.412 e. The van der Waals surface area contributed by atoms with E-state index in [4.69, 9.17) is 5.73 Å². The van der Waals surface area contributed by atoms with Crippen LogP contribution in [0.1, 0.15) is 11.4 Å². The second-order valence-electron chi connectivity index (χ2n) is 2.97. The fourth-order valence-electron chi connectivity index (χ4n) is 1.28. The van der Waals surface area contributed by atoms with Crippen molar-refractivity contribution in [3.05, 3.63) is 29.3 Å². The summed E-state index contributed by atoms with van der Waals surface area (Å²) in [6.45, 7) is 0.746. The molecule has 0 saturated carbocycles. The lowest BCUT2D eigenvalue weighted by atomic mass is 10.3. The van der Waals surface area contributed by atoms with Crippen molar-refractivity contribution in [1.82, 2.24) is 4.98 Å². The van der Waals surface area contributed by atoms with Crippen LogP contribution in [0.25, 0.3) is 10.2 Å². The third-order valence-electron chi connectivity index (χ3n) is 1.93. The zero-order valence-electron chi connectivity index (χ0n) is 8.27. The molecule has 3 nitrogen and oxygen atoms in total. The molecule has 0 aliphatic carbocycles. The molecule has 0 bridgehead atoms. The highest BCUT2D eigenvalue weighted by molar-refractivity contribution is 7.18. The van der Waals surface area contributed by atoms with Crippen LogP contribution in [0.15, 0.2) is 24.3 Å². The van der Waals surface area contributed by atoms with E-state index in [0.29, 0.717) is 0 Å². The molecular weight excluding hydrogens is 232 g/mol. The summed E-state index contributed by atoms with van der Waals surface area (Å²) in [5.41, 5.74) is 6.56. The maximum Gasteiger partial charge on any atom is 0.0939 e. The van der Waals surface area contributed by atoms with Crippen LogP contribution in [-0.4, -0.2) is 17.0 Å². The first-order chi connectivity index (χ1) is 6.40. The second kappa shape index (κ2) is 6.74. The van der Waals surface area contributed by atoms with Crippen molar-refractivity contribution < 1.29 is 5.48 Å². The number of rotatable bonds is 3. The molecule has 2 rings (SSSR count). The Balaban J connectivity index is 0.000000980. The molecule has 4 N–H and O–H groups in total. The Bertz CT molecular complexity index is 372. The van der Waals surface area contributed by atoms with E-state index in [0.717, 1.165) is 24.9 Å². The van der Waals surface area contributed by atoms with Gasteiger partial charge in [-0.3, -0.25) is 0 Å². The molecule has 2 aromatic rings. The van der Waals surface area contributed by atoms with Crippen molar-refractivity contribution in [1.29, 1.82) is 0 Å². The standard InChI is InChI=1S/C10H12N2S.ClH.H2O/c11-7-3-6-10-12-8-4-1-2-5-9(8)13-10;;/h1-2,4-5H,3,6-7,11H2;1H;1H2. The fraction of sp³-hybridized carbons (Fsp3) is 0.300. The number of fused-ring (bicyclic) bond motifs is 1. The number of aryl methyl sites for hydroxylation is 1. The summed E-state index contributed by atoms with van der Waals surface area (Å²) in [4.78, 5) is 4.51. The first kappa shape index (κ1) is 14.3. The third kappa shape index (κ3) is 3.43. The van der Waals surface area contributed by atoms with E-state index in [-0.39, 0.29) is 17.9 Å². The highest BCUT2D eigenvalue weighted by atomic mass is 35.5. The summed E-state index contributed by atoms with van der Waals surface area (Å²) >= 11 is 1.77. The molecule has 1 aromatic carbocycles. The topological polar surface area (TPSA) is 70.4 Å². The Morgan fingerprint density at radius 1 is 1.27 bits per heavy atom. The SMILES string of the molecule is Cl.NCCCc1nc2ccccc2s1.O. The predicted molar refractivity (Wildman–Crippen MR) is 67.9 cm³/mol. The van der Waals surface area contributed by atoms with Crippen molar-refractivity contribution in [2.24, 2.45) is 5.73 Å². The van der Waals surface area contributed by atoms with Crippen LogP contribution in [0.2, 0.25) is 0 Å². The van der Waals surface area contributed by atoms with Crippen LogP contribution < -0.4 is 5.73 Å². The molecule has 84 valence electrons. The molecule has 1 aromatic heterocycles. The highest BCUT2D eigenvalue weighted by Gasteiger charge is 2.01. The van der Waals surface area contributed by atoms with Crippen LogP contribution in [0.4, 0.5) is 0 Å². The molecule has 15 heavy (non-hydrogen) atoms. The number of para-hydroxylation sites is 1. The molecule has 0 unspecified atom stereocenters.